The number of nitrogens with zero attached hydrogens (tertiary/aromatic N) is 1. The minimum absolute atomic E-state index is 0.0788. The maximum absolute atomic E-state index is 8.97. The van der Waals surface area contributed by atoms with E-state index >= 15 is 0 Å². The molecule has 0 N–H and O–H groups in total. The Labute approximate surface area is 99.1 Å². The third-order valence-corrected chi connectivity index (χ3v) is 2.76. The zero-order valence-electron chi connectivity index (χ0n) is 11.2. The van der Waals surface area contributed by atoms with Gasteiger partial charge in [0.2, 0.25) is 0 Å². The Morgan fingerprint density at radius 2 is 1.38 bits per heavy atom. The maximum Gasteiger partial charge on any atom is 0.0991 e. The van der Waals surface area contributed by atoms with Crippen LogP contribution in [0.25, 0.3) is 0 Å². The monoisotopic (exact) mass is 215 g/mol. The van der Waals surface area contributed by atoms with Gasteiger partial charge in [0.15, 0.2) is 0 Å². The summed E-state index contributed by atoms with van der Waals surface area (Å²) >= 11 is 0. The zero-order valence-corrected chi connectivity index (χ0v) is 11.2. The zero-order chi connectivity index (χ0) is 12.6. The number of hydrogen-bond donors (Lipinski definition) is 0. The molecule has 0 aliphatic rings. The minimum Gasteiger partial charge on any atom is -0.192 e. The first-order valence-electron chi connectivity index (χ1n) is 5.71. The van der Waals surface area contributed by atoms with Crippen LogP contribution in [0.2, 0.25) is 0 Å². The molecule has 0 fully saturated rings. The van der Waals surface area contributed by atoms with Gasteiger partial charge >= 0.3 is 0 Å². The van der Waals surface area contributed by atoms with Crippen molar-refractivity contribution >= 4 is 0 Å². The minimum atomic E-state index is 0.0788. The van der Waals surface area contributed by atoms with Gasteiger partial charge in [-0.05, 0) is 34.1 Å². The molecule has 0 bridgehead atoms. The summed E-state index contributed by atoms with van der Waals surface area (Å²) in [6, 6.07) is 8.26. The summed E-state index contributed by atoms with van der Waals surface area (Å²) in [4.78, 5) is 0. The molecule has 0 atom stereocenters. The highest BCUT2D eigenvalue weighted by molar-refractivity contribution is 5.44. The van der Waals surface area contributed by atoms with Crippen LogP contribution in [0.1, 0.15) is 58.2 Å². The lowest BCUT2D eigenvalue weighted by atomic mass is 9.75. The van der Waals surface area contributed by atoms with Crippen molar-refractivity contribution in [3.63, 3.8) is 0 Å². The van der Waals surface area contributed by atoms with Crippen molar-refractivity contribution in [1.82, 2.24) is 0 Å². The third kappa shape index (κ3) is 2.64. The predicted molar refractivity (Wildman–Crippen MR) is 68.6 cm³/mol. The quantitative estimate of drug-likeness (QED) is 0.637. The van der Waals surface area contributed by atoms with Gasteiger partial charge in [0, 0.05) is 0 Å². The molecule has 0 heterocycles. The molecule has 1 rings (SSSR count). The van der Waals surface area contributed by atoms with E-state index < -0.39 is 0 Å². The van der Waals surface area contributed by atoms with Gasteiger partial charge in [-0.3, -0.25) is 0 Å². The fourth-order valence-corrected chi connectivity index (χ4v) is 1.89. The molecule has 1 nitrogen and oxygen atoms in total. The largest absolute Gasteiger partial charge is 0.192 e. The fraction of sp³-hybridized carbons (Fsp3) is 0.533. The van der Waals surface area contributed by atoms with Gasteiger partial charge in [-0.25, -0.2) is 0 Å². The van der Waals surface area contributed by atoms with Gasteiger partial charge in [-0.1, -0.05) is 47.6 Å². The third-order valence-electron chi connectivity index (χ3n) is 2.76. The van der Waals surface area contributed by atoms with Gasteiger partial charge in [0.05, 0.1) is 11.6 Å². The number of rotatable bonds is 0. The molecule has 0 spiro atoms. The number of benzene rings is 1. The molecule has 0 aliphatic carbocycles. The van der Waals surface area contributed by atoms with Gasteiger partial charge in [-0.15, -0.1) is 0 Å². The average Bonchev–Trinajstić information content (AvgIpc) is 2.14. The lowest BCUT2D eigenvalue weighted by Gasteiger charge is -2.30. The van der Waals surface area contributed by atoms with Gasteiger partial charge < -0.3 is 0 Å². The molecule has 1 aromatic rings. The van der Waals surface area contributed by atoms with Crippen molar-refractivity contribution in [3.05, 3.63) is 34.9 Å². The van der Waals surface area contributed by atoms with Crippen LogP contribution in [-0.4, -0.2) is 0 Å². The molecule has 0 amide bonds. The maximum atomic E-state index is 8.97. The smallest absolute Gasteiger partial charge is 0.0991 e. The lowest BCUT2D eigenvalue weighted by Crippen LogP contribution is -2.22. The summed E-state index contributed by atoms with van der Waals surface area (Å²) in [5, 5.41) is 8.97. The van der Waals surface area contributed by atoms with Crippen LogP contribution < -0.4 is 0 Å². The highest BCUT2D eigenvalue weighted by Gasteiger charge is 2.24. The van der Waals surface area contributed by atoms with Crippen molar-refractivity contribution in [2.45, 2.75) is 52.4 Å². The molecule has 16 heavy (non-hydrogen) atoms. The van der Waals surface area contributed by atoms with Crippen LogP contribution in [0.4, 0.5) is 0 Å². The number of hydrogen-bond acceptors (Lipinski definition) is 1. The molecule has 0 aromatic heterocycles. The Morgan fingerprint density at radius 3 is 1.75 bits per heavy atom. The Morgan fingerprint density at radius 1 is 0.875 bits per heavy atom. The van der Waals surface area contributed by atoms with Crippen molar-refractivity contribution < 1.29 is 0 Å². The standard InChI is InChI=1S/C15H21N/c1-14(2,3)12-8-7-11(10-16)9-13(12)15(4,5)6/h7-9H,1-6H3. The fourth-order valence-electron chi connectivity index (χ4n) is 1.89. The SMILES string of the molecule is CC(C)(C)c1ccc(C#N)cc1C(C)(C)C. The van der Waals surface area contributed by atoms with E-state index in [9.17, 15) is 0 Å². The first-order valence-corrected chi connectivity index (χ1v) is 5.71. The Kier molecular flexibility index (Phi) is 3.15. The van der Waals surface area contributed by atoms with E-state index in [0.29, 0.717) is 0 Å². The van der Waals surface area contributed by atoms with Gasteiger partial charge in [0.25, 0.3) is 0 Å². The van der Waals surface area contributed by atoms with Crippen molar-refractivity contribution in [1.29, 1.82) is 5.26 Å². The Hall–Kier alpha value is -1.29. The van der Waals surface area contributed by atoms with Crippen LogP contribution in [-0.2, 0) is 10.8 Å². The van der Waals surface area contributed by atoms with Crippen molar-refractivity contribution in [2.75, 3.05) is 0 Å². The van der Waals surface area contributed by atoms with Crippen LogP contribution in [0.5, 0.6) is 0 Å². The molecule has 0 saturated heterocycles. The Bertz CT molecular complexity index is 422. The second kappa shape index (κ2) is 3.94. The van der Waals surface area contributed by atoms with E-state index in [1.54, 1.807) is 0 Å². The molecule has 0 aliphatic heterocycles. The van der Waals surface area contributed by atoms with Crippen LogP contribution >= 0.6 is 0 Å². The van der Waals surface area contributed by atoms with Crippen LogP contribution in [0.3, 0.4) is 0 Å². The van der Waals surface area contributed by atoms with Crippen LogP contribution in [0, 0.1) is 11.3 Å². The predicted octanol–water partition coefficient (Wildman–Crippen LogP) is 4.15. The highest BCUT2D eigenvalue weighted by Crippen LogP contribution is 2.34. The van der Waals surface area contributed by atoms with Gasteiger partial charge in [0.1, 0.15) is 0 Å². The molecule has 0 saturated carbocycles. The highest BCUT2D eigenvalue weighted by atomic mass is 14.3. The molecular weight excluding hydrogens is 194 g/mol. The van der Waals surface area contributed by atoms with E-state index in [-0.39, 0.29) is 10.8 Å². The van der Waals surface area contributed by atoms with Crippen LogP contribution in [0.15, 0.2) is 18.2 Å². The van der Waals surface area contributed by atoms with E-state index in [2.05, 4.69) is 53.7 Å². The summed E-state index contributed by atoms with van der Waals surface area (Å²) in [5.41, 5.74) is 3.56. The summed E-state index contributed by atoms with van der Waals surface area (Å²) in [7, 11) is 0. The molecular formula is C15H21N. The molecule has 0 radical (unpaired) electrons. The van der Waals surface area contributed by atoms with Crippen molar-refractivity contribution in [2.24, 2.45) is 0 Å². The summed E-state index contributed by atoms with van der Waals surface area (Å²) in [6.07, 6.45) is 0. The second-order valence-electron chi connectivity index (χ2n) is 6.37. The molecule has 1 heteroatoms. The molecule has 86 valence electrons. The average molecular weight is 215 g/mol. The van der Waals surface area contributed by atoms with E-state index in [4.69, 9.17) is 5.26 Å². The molecule has 1 aromatic carbocycles. The first kappa shape index (κ1) is 12.8. The van der Waals surface area contributed by atoms with Gasteiger partial charge in [-0.2, -0.15) is 5.26 Å². The van der Waals surface area contributed by atoms with E-state index in [1.807, 2.05) is 12.1 Å². The van der Waals surface area contributed by atoms with E-state index in [0.717, 1.165) is 5.56 Å². The summed E-state index contributed by atoms with van der Waals surface area (Å²) in [6.45, 7) is 13.2. The topological polar surface area (TPSA) is 23.8 Å². The van der Waals surface area contributed by atoms with E-state index in [1.165, 1.54) is 11.1 Å². The number of nitriles is 1. The summed E-state index contributed by atoms with van der Waals surface area (Å²) in [5.74, 6) is 0. The van der Waals surface area contributed by atoms with Crippen molar-refractivity contribution in [3.8, 4) is 6.07 Å². The lowest BCUT2D eigenvalue weighted by molar-refractivity contribution is 0.530. The Balaban J connectivity index is 3.47. The normalized spacial score (nSPS) is 12.3. The second-order valence-corrected chi connectivity index (χ2v) is 6.37. The summed E-state index contributed by atoms with van der Waals surface area (Å²) < 4.78 is 0. The first-order chi connectivity index (χ1) is 7.16. The molecule has 0 unspecified atom stereocenters.